The monoisotopic (exact) mass is 364 g/mol. The van der Waals surface area contributed by atoms with E-state index in [0.717, 1.165) is 0 Å². The molecule has 134 valence electrons. The zero-order valence-electron chi connectivity index (χ0n) is 14.2. The Labute approximate surface area is 153 Å². The first kappa shape index (κ1) is 19.2. The molecule has 1 heterocycles. The summed E-state index contributed by atoms with van der Waals surface area (Å²) in [4.78, 5) is 12.6. The van der Waals surface area contributed by atoms with Crippen molar-refractivity contribution in [3.05, 3.63) is 65.0 Å². The van der Waals surface area contributed by atoms with Gasteiger partial charge in [-0.2, -0.15) is 0 Å². The summed E-state index contributed by atoms with van der Waals surface area (Å²) in [6.07, 6.45) is 0.648. The Kier molecular flexibility index (Phi) is 6.39. The highest BCUT2D eigenvalue weighted by molar-refractivity contribution is 5.85. The summed E-state index contributed by atoms with van der Waals surface area (Å²) in [5, 5.41) is 6.21. The van der Waals surface area contributed by atoms with E-state index < -0.39 is 0 Å². The number of rotatable bonds is 4. The maximum atomic E-state index is 13.5. The van der Waals surface area contributed by atoms with Crippen LogP contribution in [-0.2, 0) is 17.8 Å². The van der Waals surface area contributed by atoms with Crippen molar-refractivity contribution in [2.45, 2.75) is 32.0 Å². The van der Waals surface area contributed by atoms with Gasteiger partial charge in [0, 0.05) is 12.1 Å². The molecular weight excluding hydrogens is 343 g/mol. The molecule has 0 saturated carbocycles. The second-order valence-electron chi connectivity index (χ2n) is 6.02. The van der Waals surface area contributed by atoms with Crippen LogP contribution < -0.4 is 15.4 Å². The third-order valence-corrected chi connectivity index (χ3v) is 4.41. The first-order valence-corrected chi connectivity index (χ1v) is 8.02. The van der Waals surface area contributed by atoms with Crippen LogP contribution in [0.5, 0.6) is 5.75 Å². The lowest BCUT2D eigenvalue weighted by molar-refractivity contribution is -0.124. The van der Waals surface area contributed by atoms with Crippen LogP contribution in [-0.4, -0.2) is 19.1 Å². The van der Waals surface area contributed by atoms with Gasteiger partial charge in [-0.05, 0) is 42.7 Å². The second-order valence-corrected chi connectivity index (χ2v) is 6.02. The van der Waals surface area contributed by atoms with Crippen molar-refractivity contribution in [3.8, 4) is 5.75 Å². The third-order valence-electron chi connectivity index (χ3n) is 4.41. The van der Waals surface area contributed by atoms with E-state index in [4.69, 9.17) is 4.74 Å². The fourth-order valence-electron chi connectivity index (χ4n) is 3.08. The average molecular weight is 365 g/mol. The molecule has 0 aromatic heterocycles. The molecule has 0 aliphatic carbocycles. The Morgan fingerprint density at radius 3 is 2.72 bits per heavy atom. The van der Waals surface area contributed by atoms with E-state index in [-0.39, 0.29) is 36.2 Å². The highest BCUT2D eigenvalue weighted by Crippen LogP contribution is 2.26. The molecule has 2 atom stereocenters. The number of benzene rings is 2. The van der Waals surface area contributed by atoms with Crippen LogP contribution in [0.15, 0.2) is 42.5 Å². The van der Waals surface area contributed by atoms with Gasteiger partial charge in [-0.25, -0.2) is 4.39 Å². The van der Waals surface area contributed by atoms with E-state index in [1.165, 1.54) is 30.4 Å². The largest absolute Gasteiger partial charge is 0.496 e. The summed E-state index contributed by atoms with van der Waals surface area (Å²) >= 11 is 0. The summed E-state index contributed by atoms with van der Waals surface area (Å²) in [6.45, 7) is 2.50. The van der Waals surface area contributed by atoms with Crippen molar-refractivity contribution in [3.63, 3.8) is 0 Å². The van der Waals surface area contributed by atoms with Crippen LogP contribution in [0.4, 0.5) is 4.39 Å². The van der Waals surface area contributed by atoms with Gasteiger partial charge < -0.3 is 15.4 Å². The van der Waals surface area contributed by atoms with E-state index in [1.807, 2.05) is 19.1 Å². The SMILES string of the molecule is COc1ccc(F)cc1C(C)NC(=O)C1Cc2ccccc2CN1.Cl. The molecule has 1 aliphatic heterocycles. The number of fused-ring (bicyclic) bond motifs is 1. The van der Waals surface area contributed by atoms with Crippen LogP contribution in [0.2, 0.25) is 0 Å². The predicted octanol–water partition coefficient (Wildman–Crippen LogP) is 3.15. The Morgan fingerprint density at radius 2 is 2.00 bits per heavy atom. The molecule has 0 spiro atoms. The lowest BCUT2D eigenvalue weighted by atomic mass is 9.95. The summed E-state index contributed by atoms with van der Waals surface area (Å²) in [5.74, 6) is 0.117. The molecule has 0 bridgehead atoms. The highest BCUT2D eigenvalue weighted by atomic mass is 35.5. The zero-order chi connectivity index (χ0) is 17.1. The van der Waals surface area contributed by atoms with E-state index in [9.17, 15) is 9.18 Å². The first-order chi connectivity index (χ1) is 11.6. The van der Waals surface area contributed by atoms with Crippen molar-refractivity contribution in [1.82, 2.24) is 10.6 Å². The quantitative estimate of drug-likeness (QED) is 0.876. The first-order valence-electron chi connectivity index (χ1n) is 8.02. The van der Waals surface area contributed by atoms with Crippen molar-refractivity contribution in [1.29, 1.82) is 0 Å². The molecule has 2 aromatic carbocycles. The van der Waals surface area contributed by atoms with E-state index in [0.29, 0.717) is 24.3 Å². The van der Waals surface area contributed by atoms with Gasteiger partial charge >= 0.3 is 0 Å². The van der Waals surface area contributed by atoms with Gasteiger partial charge in [0.25, 0.3) is 0 Å². The fraction of sp³-hybridized carbons (Fsp3) is 0.316. The van der Waals surface area contributed by atoms with Crippen LogP contribution in [0.1, 0.15) is 29.7 Å². The smallest absolute Gasteiger partial charge is 0.237 e. The molecule has 0 saturated heterocycles. The molecule has 0 fully saturated rings. The van der Waals surface area contributed by atoms with Crippen LogP contribution in [0.3, 0.4) is 0 Å². The fourth-order valence-corrected chi connectivity index (χ4v) is 3.08. The number of halogens is 2. The lowest BCUT2D eigenvalue weighted by Gasteiger charge is -2.27. The molecular formula is C19H22ClFN2O2. The molecule has 6 heteroatoms. The van der Waals surface area contributed by atoms with Crippen molar-refractivity contribution in [2.75, 3.05) is 7.11 Å². The average Bonchev–Trinajstić information content (AvgIpc) is 2.61. The topological polar surface area (TPSA) is 50.4 Å². The minimum absolute atomic E-state index is 0. The number of amides is 1. The zero-order valence-corrected chi connectivity index (χ0v) is 15.0. The number of nitrogens with one attached hydrogen (secondary N) is 2. The summed E-state index contributed by atoms with van der Waals surface area (Å²) in [5.41, 5.74) is 3.04. The Morgan fingerprint density at radius 1 is 1.28 bits per heavy atom. The second kappa shape index (κ2) is 8.32. The number of hydrogen-bond acceptors (Lipinski definition) is 3. The molecule has 0 radical (unpaired) electrons. The minimum Gasteiger partial charge on any atom is -0.496 e. The maximum absolute atomic E-state index is 13.5. The van der Waals surface area contributed by atoms with Gasteiger partial charge in [0.2, 0.25) is 5.91 Å². The molecule has 4 nitrogen and oxygen atoms in total. The molecule has 3 rings (SSSR count). The van der Waals surface area contributed by atoms with Gasteiger partial charge in [-0.15, -0.1) is 12.4 Å². The number of methoxy groups -OCH3 is 1. The third kappa shape index (κ3) is 4.30. The normalized spacial score (nSPS) is 17.0. The Balaban J connectivity index is 0.00000225. The number of carbonyl (C=O) groups is 1. The molecule has 1 amide bonds. The summed E-state index contributed by atoms with van der Waals surface area (Å²) < 4.78 is 18.8. The number of carbonyl (C=O) groups excluding carboxylic acids is 1. The van der Waals surface area contributed by atoms with Crippen molar-refractivity contribution >= 4 is 18.3 Å². The minimum atomic E-state index is -0.350. The van der Waals surface area contributed by atoms with Gasteiger partial charge in [0.15, 0.2) is 0 Å². The number of ether oxygens (including phenoxy) is 1. The summed E-state index contributed by atoms with van der Waals surface area (Å²) in [6, 6.07) is 11.8. The van der Waals surface area contributed by atoms with Crippen LogP contribution in [0.25, 0.3) is 0 Å². The molecule has 2 aromatic rings. The molecule has 2 N–H and O–H groups in total. The van der Waals surface area contributed by atoms with Crippen LogP contribution in [0, 0.1) is 5.82 Å². The summed E-state index contributed by atoms with van der Waals surface area (Å²) in [7, 11) is 1.53. The Hall–Kier alpha value is -2.11. The maximum Gasteiger partial charge on any atom is 0.237 e. The van der Waals surface area contributed by atoms with Crippen molar-refractivity contribution in [2.24, 2.45) is 0 Å². The molecule has 1 aliphatic rings. The van der Waals surface area contributed by atoms with E-state index in [2.05, 4.69) is 22.8 Å². The van der Waals surface area contributed by atoms with E-state index in [1.54, 1.807) is 6.07 Å². The van der Waals surface area contributed by atoms with Gasteiger partial charge in [-0.1, -0.05) is 24.3 Å². The highest BCUT2D eigenvalue weighted by Gasteiger charge is 2.25. The van der Waals surface area contributed by atoms with E-state index >= 15 is 0 Å². The molecule has 25 heavy (non-hydrogen) atoms. The lowest BCUT2D eigenvalue weighted by Crippen LogP contribution is -2.48. The Bertz CT molecular complexity index is 754. The molecule has 2 unspecified atom stereocenters. The standard InChI is InChI=1S/C19H21FN2O2.ClH/c1-12(16-10-15(20)7-8-18(16)24-2)22-19(23)17-9-13-5-3-4-6-14(13)11-21-17;/h3-8,10,12,17,21H,9,11H2,1-2H3,(H,22,23);1H. The van der Waals surface area contributed by atoms with Gasteiger partial charge in [0.1, 0.15) is 11.6 Å². The van der Waals surface area contributed by atoms with Gasteiger partial charge in [0.05, 0.1) is 19.2 Å². The van der Waals surface area contributed by atoms with Gasteiger partial charge in [-0.3, -0.25) is 4.79 Å². The predicted molar refractivity (Wildman–Crippen MR) is 97.5 cm³/mol. The number of hydrogen-bond donors (Lipinski definition) is 2. The van der Waals surface area contributed by atoms with Crippen LogP contribution >= 0.6 is 12.4 Å². The van der Waals surface area contributed by atoms with Crippen molar-refractivity contribution < 1.29 is 13.9 Å².